The van der Waals surface area contributed by atoms with Gasteiger partial charge >= 0.3 is 0 Å². The van der Waals surface area contributed by atoms with Crippen LogP contribution in [-0.2, 0) is 11.2 Å². The second-order valence-electron chi connectivity index (χ2n) is 8.73. The summed E-state index contributed by atoms with van der Waals surface area (Å²) in [6.45, 7) is 2.78. The fourth-order valence-corrected chi connectivity index (χ4v) is 4.79. The van der Waals surface area contributed by atoms with Gasteiger partial charge in [-0.2, -0.15) is 0 Å². The molecule has 2 aliphatic heterocycles. The number of para-hydroxylation sites is 1. The molecule has 2 heterocycles. The number of carbonyl (C=O) groups is 1. The average Bonchev–Trinajstić information content (AvgIpc) is 3.08. The van der Waals surface area contributed by atoms with Crippen molar-refractivity contribution in [2.75, 3.05) is 24.7 Å². The lowest BCUT2D eigenvalue weighted by molar-refractivity contribution is -0.904. The van der Waals surface area contributed by atoms with Crippen LogP contribution >= 0.6 is 0 Å². The number of hydrogen-bond acceptors (Lipinski definition) is 2. The first kappa shape index (κ1) is 20.6. The van der Waals surface area contributed by atoms with E-state index < -0.39 is 0 Å². The van der Waals surface area contributed by atoms with Gasteiger partial charge in [-0.1, -0.05) is 48.5 Å². The molecule has 1 saturated heterocycles. The van der Waals surface area contributed by atoms with Crippen molar-refractivity contribution in [2.24, 2.45) is 10.9 Å². The first-order valence-electron chi connectivity index (χ1n) is 11.3. The SMILES string of the molecule is O=C1C(=Nc2ccc(F)cc2)c2ccccc2N1C[NH+]1CCC(Cc2ccccc2)CC1. The normalized spacial score (nSPS) is 21.7. The van der Waals surface area contributed by atoms with Gasteiger partial charge in [0.1, 0.15) is 11.5 Å². The van der Waals surface area contributed by atoms with E-state index in [-0.39, 0.29) is 11.7 Å². The standard InChI is InChI=1S/C27H26FN3O/c28-22-10-12-23(13-11-22)29-26-24-8-4-5-9-25(24)31(27(26)32)19-30-16-14-21(15-17-30)18-20-6-2-1-3-7-20/h1-13,21H,14-19H2/p+1. The van der Waals surface area contributed by atoms with Crippen molar-refractivity contribution in [2.45, 2.75) is 19.3 Å². The third-order valence-electron chi connectivity index (χ3n) is 6.53. The van der Waals surface area contributed by atoms with Crippen LogP contribution in [0.1, 0.15) is 24.0 Å². The molecule has 0 aliphatic carbocycles. The molecule has 0 saturated carbocycles. The number of quaternary nitrogens is 1. The molecule has 2 aliphatic rings. The highest BCUT2D eigenvalue weighted by Crippen LogP contribution is 2.30. The number of benzene rings is 3. The molecule has 32 heavy (non-hydrogen) atoms. The van der Waals surface area contributed by atoms with Crippen LogP contribution in [0.25, 0.3) is 0 Å². The minimum absolute atomic E-state index is 0.0746. The van der Waals surface area contributed by atoms with Crippen LogP contribution in [0.15, 0.2) is 83.9 Å². The topological polar surface area (TPSA) is 37.1 Å². The van der Waals surface area contributed by atoms with Gasteiger partial charge in [-0.25, -0.2) is 9.38 Å². The zero-order chi connectivity index (χ0) is 21.9. The molecule has 0 spiro atoms. The number of piperidine rings is 1. The van der Waals surface area contributed by atoms with E-state index in [9.17, 15) is 9.18 Å². The number of aliphatic imine (C=N–C) groups is 1. The van der Waals surface area contributed by atoms with Crippen LogP contribution in [0.5, 0.6) is 0 Å². The van der Waals surface area contributed by atoms with Crippen molar-refractivity contribution in [3.05, 3.63) is 95.8 Å². The van der Waals surface area contributed by atoms with Crippen molar-refractivity contribution in [1.82, 2.24) is 0 Å². The first-order chi connectivity index (χ1) is 15.7. The maximum absolute atomic E-state index is 13.3. The fourth-order valence-electron chi connectivity index (χ4n) is 4.79. The number of fused-ring (bicyclic) bond motifs is 1. The minimum Gasteiger partial charge on any atom is -0.317 e. The average molecular weight is 429 g/mol. The maximum atomic E-state index is 13.3. The molecule has 5 heteroatoms. The van der Waals surface area contributed by atoms with E-state index in [0.717, 1.165) is 30.8 Å². The second kappa shape index (κ2) is 9.05. The van der Waals surface area contributed by atoms with Gasteiger partial charge in [-0.15, -0.1) is 0 Å². The summed E-state index contributed by atoms with van der Waals surface area (Å²) in [5.74, 6) is 0.320. The predicted octanol–water partition coefficient (Wildman–Crippen LogP) is 3.79. The van der Waals surface area contributed by atoms with Crippen molar-refractivity contribution in [3.8, 4) is 0 Å². The van der Waals surface area contributed by atoms with Crippen LogP contribution in [-0.4, -0.2) is 31.4 Å². The lowest BCUT2D eigenvalue weighted by Crippen LogP contribution is -3.14. The molecule has 5 rings (SSSR count). The van der Waals surface area contributed by atoms with E-state index in [1.165, 1.54) is 35.4 Å². The van der Waals surface area contributed by atoms with Crippen molar-refractivity contribution < 1.29 is 14.1 Å². The van der Waals surface area contributed by atoms with E-state index in [1.807, 2.05) is 29.2 Å². The monoisotopic (exact) mass is 428 g/mol. The van der Waals surface area contributed by atoms with Gasteiger partial charge in [0, 0.05) is 5.56 Å². The lowest BCUT2D eigenvalue weighted by Gasteiger charge is -2.32. The van der Waals surface area contributed by atoms with Crippen LogP contribution in [0.2, 0.25) is 0 Å². The summed E-state index contributed by atoms with van der Waals surface area (Å²) in [7, 11) is 0. The molecule has 4 nitrogen and oxygen atoms in total. The summed E-state index contributed by atoms with van der Waals surface area (Å²) < 4.78 is 13.3. The smallest absolute Gasteiger partial charge is 0.281 e. The summed E-state index contributed by atoms with van der Waals surface area (Å²) >= 11 is 0. The van der Waals surface area contributed by atoms with E-state index >= 15 is 0 Å². The molecule has 1 N–H and O–H groups in total. The number of halogens is 1. The summed E-state index contributed by atoms with van der Waals surface area (Å²) in [5, 5.41) is 0. The van der Waals surface area contributed by atoms with Crippen molar-refractivity contribution in [3.63, 3.8) is 0 Å². The molecule has 0 bridgehead atoms. The number of anilines is 1. The summed E-state index contributed by atoms with van der Waals surface area (Å²) in [5.41, 5.74) is 4.19. The number of nitrogens with zero attached hydrogens (tertiary/aromatic N) is 2. The Morgan fingerprint density at radius 1 is 0.906 bits per heavy atom. The highest BCUT2D eigenvalue weighted by atomic mass is 19.1. The highest BCUT2D eigenvalue weighted by Gasteiger charge is 2.36. The molecule has 1 fully saturated rings. The molecule has 0 atom stereocenters. The number of rotatable bonds is 5. The molecule has 3 aromatic carbocycles. The summed E-state index contributed by atoms with van der Waals surface area (Å²) in [4.78, 5) is 21.2. The van der Waals surface area contributed by atoms with Gasteiger partial charge in [0.05, 0.1) is 24.5 Å². The molecular weight excluding hydrogens is 401 g/mol. The molecule has 162 valence electrons. The van der Waals surface area contributed by atoms with Gasteiger partial charge in [-0.05, 0) is 61.1 Å². The maximum Gasteiger partial charge on any atom is 0.281 e. The zero-order valence-electron chi connectivity index (χ0n) is 18.0. The Bertz CT molecular complexity index is 1120. The molecule has 0 unspecified atom stereocenters. The van der Waals surface area contributed by atoms with E-state index in [4.69, 9.17) is 0 Å². The van der Waals surface area contributed by atoms with Gasteiger partial charge in [0.15, 0.2) is 6.67 Å². The predicted molar refractivity (Wildman–Crippen MR) is 125 cm³/mol. The number of nitrogens with one attached hydrogen (secondary N) is 1. The largest absolute Gasteiger partial charge is 0.317 e. The Kier molecular flexibility index (Phi) is 5.82. The lowest BCUT2D eigenvalue weighted by atomic mass is 9.90. The molecule has 1 amide bonds. The Hall–Kier alpha value is -3.31. The Balaban J connectivity index is 1.28. The van der Waals surface area contributed by atoms with E-state index in [1.54, 1.807) is 12.1 Å². The number of hydrogen-bond donors (Lipinski definition) is 1. The fraction of sp³-hybridized carbons (Fsp3) is 0.259. The Morgan fingerprint density at radius 2 is 1.59 bits per heavy atom. The third kappa shape index (κ3) is 4.34. The van der Waals surface area contributed by atoms with Crippen LogP contribution < -0.4 is 9.80 Å². The van der Waals surface area contributed by atoms with Gasteiger partial charge in [0.2, 0.25) is 0 Å². The van der Waals surface area contributed by atoms with Gasteiger partial charge in [0.25, 0.3) is 5.91 Å². The van der Waals surface area contributed by atoms with Gasteiger partial charge < -0.3 is 4.90 Å². The third-order valence-corrected chi connectivity index (χ3v) is 6.53. The summed E-state index contributed by atoms with van der Waals surface area (Å²) in [6, 6.07) is 24.5. The van der Waals surface area contributed by atoms with Crippen LogP contribution in [0, 0.1) is 11.7 Å². The second-order valence-corrected chi connectivity index (χ2v) is 8.73. The molecule has 0 aromatic heterocycles. The minimum atomic E-state index is -0.312. The quantitative estimate of drug-likeness (QED) is 0.660. The van der Waals surface area contributed by atoms with Crippen LogP contribution in [0.3, 0.4) is 0 Å². The Labute approximate surface area is 188 Å². The van der Waals surface area contributed by atoms with Gasteiger partial charge in [-0.3, -0.25) is 9.69 Å². The summed E-state index contributed by atoms with van der Waals surface area (Å²) in [6.07, 6.45) is 3.48. The number of carbonyl (C=O) groups excluding carboxylic acids is 1. The van der Waals surface area contributed by atoms with Crippen molar-refractivity contribution in [1.29, 1.82) is 0 Å². The molecule has 0 radical (unpaired) electrons. The first-order valence-corrected chi connectivity index (χ1v) is 11.3. The number of amides is 1. The highest BCUT2D eigenvalue weighted by molar-refractivity contribution is 6.54. The van der Waals surface area contributed by atoms with Crippen LogP contribution in [0.4, 0.5) is 15.8 Å². The molecular formula is C27H27FN3O+. The van der Waals surface area contributed by atoms with Crippen molar-refractivity contribution >= 4 is 23.0 Å². The number of likely N-dealkylation sites (tertiary alicyclic amines) is 1. The molecule has 3 aromatic rings. The van der Waals surface area contributed by atoms with E-state index in [2.05, 4.69) is 35.3 Å². The van der Waals surface area contributed by atoms with E-state index in [0.29, 0.717) is 24.0 Å². The Morgan fingerprint density at radius 3 is 2.34 bits per heavy atom. The zero-order valence-corrected chi connectivity index (χ0v) is 18.0.